The minimum absolute atomic E-state index is 0.189. The Morgan fingerprint density at radius 3 is 2.06 bits per heavy atom. The average molecular weight is 253 g/mol. The molecule has 5 heteroatoms. The van der Waals surface area contributed by atoms with Crippen LogP contribution in [0.5, 0.6) is 0 Å². The normalized spacial score (nSPS) is 15.7. The van der Waals surface area contributed by atoms with Gasteiger partial charge in [0.1, 0.15) is 0 Å². The quantitative estimate of drug-likeness (QED) is 0.775. The van der Waals surface area contributed by atoms with Crippen LogP contribution in [0.1, 0.15) is 34.1 Å². The third-order valence-electron chi connectivity index (χ3n) is 2.65. The van der Waals surface area contributed by atoms with Gasteiger partial charge in [-0.05, 0) is 27.7 Å². The molecule has 100 valence electrons. The molecule has 18 heavy (non-hydrogen) atoms. The maximum atomic E-state index is 11.9. The van der Waals surface area contributed by atoms with Gasteiger partial charge in [0.25, 0.3) is 0 Å². The zero-order chi connectivity index (χ0) is 13.9. The van der Waals surface area contributed by atoms with E-state index in [0.717, 1.165) is 0 Å². The molecule has 1 aliphatic rings. The van der Waals surface area contributed by atoms with Crippen LogP contribution in [0, 0.1) is 0 Å². The van der Waals surface area contributed by atoms with Crippen molar-refractivity contribution < 1.29 is 19.1 Å². The molecule has 0 unspecified atom stereocenters. The Balaban J connectivity index is 2.92. The first-order chi connectivity index (χ1) is 8.36. The number of dihydropyridines is 1. The van der Waals surface area contributed by atoms with Gasteiger partial charge in [-0.25, -0.2) is 9.59 Å². The Hall–Kier alpha value is -1.78. The lowest BCUT2D eigenvalue weighted by atomic mass is 9.98. The monoisotopic (exact) mass is 253 g/mol. The molecule has 0 amide bonds. The SMILES string of the molecule is COC(=O)C1=C(C)NC(C)=C(C(=O)OC(C)C)C1. The summed E-state index contributed by atoms with van der Waals surface area (Å²) in [5, 5.41) is 3.01. The molecule has 0 saturated carbocycles. The van der Waals surface area contributed by atoms with Crippen LogP contribution >= 0.6 is 0 Å². The molecule has 0 saturated heterocycles. The first-order valence-electron chi connectivity index (χ1n) is 5.82. The van der Waals surface area contributed by atoms with E-state index < -0.39 is 11.9 Å². The van der Waals surface area contributed by atoms with E-state index in [4.69, 9.17) is 9.47 Å². The van der Waals surface area contributed by atoms with E-state index >= 15 is 0 Å². The minimum atomic E-state index is -0.428. The lowest BCUT2D eigenvalue weighted by Crippen LogP contribution is -2.27. The molecule has 1 N–H and O–H groups in total. The Bertz CT molecular complexity index is 432. The molecule has 0 atom stereocenters. The third kappa shape index (κ3) is 3.12. The molecule has 5 nitrogen and oxygen atoms in total. The predicted molar refractivity (Wildman–Crippen MR) is 66.4 cm³/mol. The summed E-state index contributed by atoms with van der Waals surface area (Å²) in [5.74, 6) is -0.828. The summed E-state index contributed by atoms with van der Waals surface area (Å²) in [4.78, 5) is 23.5. The maximum absolute atomic E-state index is 11.9. The molecule has 0 spiro atoms. The van der Waals surface area contributed by atoms with Gasteiger partial charge in [-0.2, -0.15) is 0 Å². The molecule has 1 heterocycles. The molecule has 0 aromatic carbocycles. The summed E-state index contributed by atoms with van der Waals surface area (Å²) in [6.07, 6.45) is 0.0504. The second kappa shape index (κ2) is 5.71. The van der Waals surface area contributed by atoms with E-state index in [1.807, 2.05) is 0 Å². The Kier molecular flexibility index (Phi) is 4.53. The van der Waals surface area contributed by atoms with Crippen LogP contribution < -0.4 is 5.32 Å². The highest BCUT2D eigenvalue weighted by molar-refractivity contribution is 5.96. The van der Waals surface area contributed by atoms with Gasteiger partial charge in [0.05, 0.1) is 24.4 Å². The second-order valence-electron chi connectivity index (χ2n) is 4.45. The van der Waals surface area contributed by atoms with Crippen molar-refractivity contribution in [1.29, 1.82) is 0 Å². The number of allylic oxidation sites excluding steroid dienone is 2. The molecule has 0 fully saturated rings. The molecule has 1 rings (SSSR count). The summed E-state index contributed by atoms with van der Waals surface area (Å²) in [6, 6.07) is 0. The van der Waals surface area contributed by atoms with Crippen molar-refractivity contribution in [1.82, 2.24) is 5.32 Å². The van der Waals surface area contributed by atoms with Gasteiger partial charge >= 0.3 is 11.9 Å². The molecule has 1 aliphatic heterocycles. The number of esters is 2. The highest BCUT2D eigenvalue weighted by Gasteiger charge is 2.26. The topological polar surface area (TPSA) is 64.6 Å². The third-order valence-corrected chi connectivity index (χ3v) is 2.65. The molecule has 0 aliphatic carbocycles. The van der Waals surface area contributed by atoms with Gasteiger partial charge in [-0.1, -0.05) is 0 Å². The van der Waals surface area contributed by atoms with Gasteiger partial charge in [0.2, 0.25) is 0 Å². The Labute approximate surface area is 107 Å². The van der Waals surface area contributed by atoms with Gasteiger partial charge in [0.15, 0.2) is 0 Å². The van der Waals surface area contributed by atoms with Crippen LogP contribution in [0.2, 0.25) is 0 Å². The van der Waals surface area contributed by atoms with Gasteiger partial charge in [-0.15, -0.1) is 0 Å². The van der Waals surface area contributed by atoms with E-state index in [1.54, 1.807) is 27.7 Å². The average Bonchev–Trinajstić information content (AvgIpc) is 2.27. The first-order valence-corrected chi connectivity index (χ1v) is 5.82. The molecule has 0 aromatic rings. The lowest BCUT2D eigenvalue weighted by molar-refractivity contribution is -0.142. The summed E-state index contributed by atoms with van der Waals surface area (Å²) in [5.41, 5.74) is 2.35. The van der Waals surface area contributed by atoms with Crippen molar-refractivity contribution in [2.75, 3.05) is 7.11 Å². The predicted octanol–water partition coefficient (Wildman–Crippen LogP) is 1.65. The van der Waals surface area contributed by atoms with E-state index in [-0.39, 0.29) is 12.5 Å². The standard InChI is InChI=1S/C13H19NO4/c1-7(2)18-13(16)11-6-10(12(15)17-5)8(3)14-9(11)4/h7,14H,6H2,1-5H3. The minimum Gasteiger partial charge on any atom is -0.466 e. The molecular formula is C13H19NO4. The smallest absolute Gasteiger partial charge is 0.336 e. The summed E-state index contributed by atoms with van der Waals surface area (Å²) < 4.78 is 9.84. The summed E-state index contributed by atoms with van der Waals surface area (Å²) >= 11 is 0. The molecule has 0 aromatic heterocycles. The number of ether oxygens (including phenoxy) is 2. The van der Waals surface area contributed by atoms with Crippen molar-refractivity contribution in [2.45, 2.75) is 40.2 Å². The molecule has 0 bridgehead atoms. The second-order valence-corrected chi connectivity index (χ2v) is 4.45. The zero-order valence-electron chi connectivity index (χ0n) is 11.4. The van der Waals surface area contributed by atoms with Gasteiger partial charge in [-0.3, -0.25) is 0 Å². The van der Waals surface area contributed by atoms with E-state index in [1.165, 1.54) is 7.11 Å². The summed E-state index contributed by atoms with van der Waals surface area (Å²) in [6.45, 7) is 7.13. The maximum Gasteiger partial charge on any atom is 0.336 e. The number of hydrogen-bond acceptors (Lipinski definition) is 5. The fourth-order valence-electron chi connectivity index (χ4n) is 1.73. The fraction of sp³-hybridized carbons (Fsp3) is 0.538. The van der Waals surface area contributed by atoms with Crippen molar-refractivity contribution in [3.8, 4) is 0 Å². The van der Waals surface area contributed by atoms with Crippen LogP contribution in [-0.4, -0.2) is 25.2 Å². The van der Waals surface area contributed by atoms with Crippen molar-refractivity contribution in [2.24, 2.45) is 0 Å². The van der Waals surface area contributed by atoms with E-state index in [0.29, 0.717) is 22.5 Å². The highest BCUT2D eigenvalue weighted by Crippen LogP contribution is 2.24. The zero-order valence-corrected chi connectivity index (χ0v) is 11.4. The number of carbonyl (C=O) groups excluding carboxylic acids is 2. The van der Waals surface area contributed by atoms with Crippen LogP contribution in [0.3, 0.4) is 0 Å². The first kappa shape index (κ1) is 14.3. The number of hydrogen-bond donors (Lipinski definition) is 1. The van der Waals surface area contributed by atoms with E-state index in [9.17, 15) is 9.59 Å². The highest BCUT2D eigenvalue weighted by atomic mass is 16.5. The Morgan fingerprint density at radius 2 is 1.61 bits per heavy atom. The lowest BCUT2D eigenvalue weighted by Gasteiger charge is -2.22. The van der Waals surface area contributed by atoms with E-state index in [2.05, 4.69) is 5.32 Å². The number of nitrogens with one attached hydrogen (secondary N) is 1. The fourth-order valence-corrected chi connectivity index (χ4v) is 1.73. The number of methoxy groups -OCH3 is 1. The summed E-state index contributed by atoms with van der Waals surface area (Å²) in [7, 11) is 1.32. The largest absolute Gasteiger partial charge is 0.466 e. The Morgan fingerprint density at radius 1 is 1.11 bits per heavy atom. The number of carbonyl (C=O) groups is 2. The van der Waals surface area contributed by atoms with Crippen molar-refractivity contribution >= 4 is 11.9 Å². The van der Waals surface area contributed by atoms with Crippen molar-refractivity contribution in [3.05, 3.63) is 22.5 Å². The molecular weight excluding hydrogens is 234 g/mol. The van der Waals surface area contributed by atoms with Crippen LogP contribution in [0.25, 0.3) is 0 Å². The van der Waals surface area contributed by atoms with Crippen LogP contribution in [0.4, 0.5) is 0 Å². The van der Waals surface area contributed by atoms with Gasteiger partial charge in [0, 0.05) is 17.8 Å². The number of rotatable bonds is 3. The van der Waals surface area contributed by atoms with Crippen LogP contribution in [-0.2, 0) is 19.1 Å². The van der Waals surface area contributed by atoms with Gasteiger partial charge < -0.3 is 14.8 Å². The van der Waals surface area contributed by atoms with Crippen molar-refractivity contribution in [3.63, 3.8) is 0 Å². The van der Waals surface area contributed by atoms with Crippen LogP contribution in [0.15, 0.2) is 22.5 Å². The molecule has 0 radical (unpaired) electrons.